The van der Waals surface area contributed by atoms with Crippen LogP contribution in [0, 0.1) is 19.8 Å². The molecule has 0 aliphatic rings. The van der Waals surface area contributed by atoms with Crippen LogP contribution in [0.5, 0.6) is 0 Å². The predicted octanol–water partition coefficient (Wildman–Crippen LogP) is 6.65. The van der Waals surface area contributed by atoms with E-state index in [4.69, 9.17) is 9.78 Å². The van der Waals surface area contributed by atoms with Gasteiger partial charge in [0.25, 0.3) is 0 Å². The Bertz CT molecular complexity index is 950. The summed E-state index contributed by atoms with van der Waals surface area (Å²) >= 11 is 0. The van der Waals surface area contributed by atoms with E-state index < -0.39 is 23.1 Å². The molecule has 0 saturated heterocycles. The van der Waals surface area contributed by atoms with E-state index in [1.165, 1.54) is 0 Å². The smallest absolute Gasteiger partial charge is 0.263 e. The van der Waals surface area contributed by atoms with Crippen LogP contribution in [0.15, 0.2) is 48.5 Å². The third-order valence-electron chi connectivity index (χ3n) is 5.70. The summed E-state index contributed by atoms with van der Waals surface area (Å²) in [7, 11) is 0. The number of hydrogen-bond donors (Lipinski definition) is 0. The second kappa shape index (κ2) is 13.9. The second-order valence-corrected chi connectivity index (χ2v) is 9.55. The van der Waals surface area contributed by atoms with Crippen molar-refractivity contribution < 1.29 is 39.2 Å². The van der Waals surface area contributed by atoms with Crippen molar-refractivity contribution in [3.05, 3.63) is 70.8 Å². The van der Waals surface area contributed by atoms with Crippen LogP contribution in [0.4, 0.5) is 0 Å². The van der Waals surface area contributed by atoms with Crippen LogP contribution in [0.3, 0.4) is 0 Å². The van der Waals surface area contributed by atoms with Gasteiger partial charge in [-0.1, -0.05) is 57.2 Å². The average Bonchev–Trinajstić information content (AvgIpc) is 2.79. The molecule has 0 heterocycles. The topological polar surface area (TPSA) is 89.5 Å². The lowest BCUT2D eigenvalue weighted by molar-refractivity contribution is -0.516. The maximum atomic E-state index is 11.7. The minimum atomic E-state index is -0.562. The van der Waals surface area contributed by atoms with Gasteiger partial charge in [0, 0.05) is 0 Å². The predicted molar refractivity (Wildman–Crippen MR) is 131 cm³/mol. The molecule has 0 fully saturated rings. The standard InChI is InChI=1S/C14H20O4.C13H18O4/c1-10(2)14(4,5)17-18-16-13(15)12-9-7-6-8-11(12)3;1-5-13(3,4)16-17-15-12(14)11-9-7-6-8-10(11)2/h6-10H,1-5H3;6-9H,5H2,1-4H3. The van der Waals surface area contributed by atoms with Gasteiger partial charge in [-0.3, -0.25) is 9.78 Å². The molecular weight excluding hydrogens is 452 g/mol. The SMILES string of the molecule is CCC(C)(C)OOOC(=O)c1ccccc1C.Cc1ccccc1C(=O)OOOC(C)(C)C(C)C. The fourth-order valence-electron chi connectivity index (χ4n) is 2.12. The first-order valence-corrected chi connectivity index (χ1v) is 11.6. The minimum absolute atomic E-state index is 0.231. The van der Waals surface area contributed by atoms with Gasteiger partial charge in [0.1, 0.15) is 11.2 Å². The maximum Gasteiger partial charge on any atom is 0.376 e. The third kappa shape index (κ3) is 10.6. The Morgan fingerprint density at radius 2 is 1.14 bits per heavy atom. The van der Waals surface area contributed by atoms with E-state index in [1.54, 1.807) is 24.3 Å². The Morgan fingerprint density at radius 3 is 1.51 bits per heavy atom. The zero-order chi connectivity index (χ0) is 26.6. The quantitative estimate of drug-likeness (QED) is 0.270. The van der Waals surface area contributed by atoms with E-state index in [-0.39, 0.29) is 5.92 Å². The van der Waals surface area contributed by atoms with Gasteiger partial charge in [-0.25, -0.2) is 9.59 Å². The van der Waals surface area contributed by atoms with Crippen LogP contribution in [-0.2, 0) is 29.6 Å². The molecule has 194 valence electrons. The van der Waals surface area contributed by atoms with E-state index in [9.17, 15) is 9.59 Å². The first-order chi connectivity index (χ1) is 16.3. The first-order valence-electron chi connectivity index (χ1n) is 11.6. The van der Waals surface area contributed by atoms with Crippen LogP contribution in [0.2, 0.25) is 0 Å². The molecule has 0 aromatic heterocycles. The number of carbonyl (C=O) groups is 2. The summed E-state index contributed by atoms with van der Waals surface area (Å²) in [5, 5.41) is 9.09. The summed E-state index contributed by atoms with van der Waals surface area (Å²) < 4.78 is 0. The Morgan fingerprint density at radius 1 is 0.743 bits per heavy atom. The monoisotopic (exact) mass is 490 g/mol. The highest BCUT2D eigenvalue weighted by molar-refractivity contribution is 5.90. The lowest BCUT2D eigenvalue weighted by atomic mass is 9.95. The van der Waals surface area contributed by atoms with Gasteiger partial charge < -0.3 is 0 Å². The molecule has 0 N–H and O–H groups in total. The third-order valence-corrected chi connectivity index (χ3v) is 5.70. The van der Waals surface area contributed by atoms with Gasteiger partial charge in [-0.15, -0.1) is 0 Å². The van der Waals surface area contributed by atoms with Crippen LogP contribution >= 0.6 is 0 Å². The van der Waals surface area contributed by atoms with Gasteiger partial charge >= 0.3 is 11.9 Å². The van der Waals surface area contributed by atoms with E-state index in [1.807, 2.05) is 86.6 Å². The Hall–Kier alpha value is -2.78. The van der Waals surface area contributed by atoms with Crippen molar-refractivity contribution in [2.45, 2.75) is 79.9 Å². The molecule has 0 radical (unpaired) electrons. The molecule has 0 saturated carbocycles. The number of benzene rings is 2. The summed E-state index contributed by atoms with van der Waals surface area (Å²) in [4.78, 5) is 42.6. The van der Waals surface area contributed by atoms with Gasteiger partial charge in [-0.05, 0) is 87.2 Å². The zero-order valence-corrected chi connectivity index (χ0v) is 22.2. The minimum Gasteiger partial charge on any atom is -0.263 e. The number of aryl methyl sites for hydroxylation is 2. The van der Waals surface area contributed by atoms with Gasteiger partial charge in [0.15, 0.2) is 0 Å². The molecule has 0 aliphatic carbocycles. The molecule has 2 rings (SSSR count). The number of hydrogen-bond acceptors (Lipinski definition) is 8. The summed E-state index contributed by atoms with van der Waals surface area (Å²) in [6.45, 7) is 17.0. The highest BCUT2D eigenvalue weighted by Crippen LogP contribution is 2.21. The molecule has 2 aromatic carbocycles. The molecule has 8 heteroatoms. The molecule has 0 unspecified atom stereocenters. The fourth-order valence-corrected chi connectivity index (χ4v) is 2.12. The van der Waals surface area contributed by atoms with Crippen LogP contribution in [0.25, 0.3) is 0 Å². The summed E-state index contributed by atoms with van der Waals surface area (Å²) in [5.41, 5.74) is 1.58. The fraction of sp³-hybridized carbons (Fsp3) is 0.481. The van der Waals surface area contributed by atoms with Gasteiger partial charge in [0.05, 0.1) is 11.1 Å². The number of carbonyl (C=O) groups excluding carboxylic acids is 2. The van der Waals surface area contributed by atoms with Crippen molar-refractivity contribution in [1.29, 1.82) is 0 Å². The maximum absolute atomic E-state index is 11.7. The summed E-state index contributed by atoms with van der Waals surface area (Å²) in [6, 6.07) is 14.2. The van der Waals surface area contributed by atoms with Crippen molar-refractivity contribution in [3.63, 3.8) is 0 Å². The molecule has 0 amide bonds. The normalized spacial score (nSPS) is 11.5. The van der Waals surface area contributed by atoms with E-state index in [0.717, 1.165) is 17.5 Å². The van der Waals surface area contributed by atoms with Crippen LogP contribution in [-0.4, -0.2) is 23.1 Å². The Labute approximate surface area is 208 Å². The highest BCUT2D eigenvalue weighted by atomic mass is 17.5. The zero-order valence-electron chi connectivity index (χ0n) is 22.2. The number of rotatable bonds is 10. The highest BCUT2D eigenvalue weighted by Gasteiger charge is 2.26. The molecule has 8 nitrogen and oxygen atoms in total. The van der Waals surface area contributed by atoms with E-state index in [0.29, 0.717) is 11.1 Å². The van der Waals surface area contributed by atoms with Crippen LogP contribution in [0.1, 0.15) is 86.7 Å². The Kier molecular flexibility index (Phi) is 12.1. The molecule has 0 atom stereocenters. The average molecular weight is 491 g/mol. The Balaban J connectivity index is 0.000000351. The van der Waals surface area contributed by atoms with Gasteiger partial charge in [0.2, 0.25) is 0 Å². The largest absolute Gasteiger partial charge is 0.376 e. The van der Waals surface area contributed by atoms with Crippen molar-refractivity contribution in [1.82, 2.24) is 0 Å². The molecule has 35 heavy (non-hydrogen) atoms. The lowest BCUT2D eigenvalue weighted by Gasteiger charge is -2.25. The molecule has 0 spiro atoms. The molecule has 0 bridgehead atoms. The van der Waals surface area contributed by atoms with Crippen LogP contribution < -0.4 is 0 Å². The van der Waals surface area contributed by atoms with Crippen molar-refractivity contribution in [3.8, 4) is 0 Å². The lowest BCUT2D eigenvalue weighted by Crippen LogP contribution is -2.31. The molecule has 2 aromatic rings. The second-order valence-electron chi connectivity index (χ2n) is 9.55. The summed E-state index contributed by atoms with van der Waals surface area (Å²) in [5.74, 6) is -0.891. The van der Waals surface area contributed by atoms with Gasteiger partial charge in [-0.2, -0.15) is 9.78 Å². The van der Waals surface area contributed by atoms with Crippen molar-refractivity contribution in [2.75, 3.05) is 0 Å². The van der Waals surface area contributed by atoms with Crippen molar-refractivity contribution in [2.24, 2.45) is 5.92 Å². The first kappa shape index (κ1) is 30.3. The van der Waals surface area contributed by atoms with E-state index >= 15 is 0 Å². The van der Waals surface area contributed by atoms with E-state index in [2.05, 4.69) is 19.9 Å². The molecular formula is C27H38O8. The molecule has 0 aliphatic heterocycles. The van der Waals surface area contributed by atoms with Crippen molar-refractivity contribution >= 4 is 11.9 Å². The summed E-state index contributed by atoms with van der Waals surface area (Å²) in [6.07, 6.45) is 0.745.